The Morgan fingerprint density at radius 3 is 2.82 bits per heavy atom. The highest BCUT2D eigenvalue weighted by atomic mass is 79.9. The molecule has 0 fully saturated rings. The summed E-state index contributed by atoms with van der Waals surface area (Å²) < 4.78 is 6.88. The number of halogens is 1. The van der Waals surface area contributed by atoms with Crippen molar-refractivity contribution < 1.29 is 4.74 Å². The summed E-state index contributed by atoms with van der Waals surface area (Å²) in [5, 5.41) is 3.33. The number of nitrogens with one attached hydrogen (secondary N) is 1. The molecule has 0 aromatic heterocycles. The molecule has 1 unspecified atom stereocenters. The topological polar surface area (TPSA) is 21.3 Å². The van der Waals surface area contributed by atoms with E-state index >= 15 is 0 Å². The first-order chi connectivity index (χ1) is 8.22. The second-order valence-electron chi connectivity index (χ2n) is 4.34. The normalized spacial score (nSPS) is 17.2. The smallest absolute Gasteiger partial charge is 0.113 e. The van der Waals surface area contributed by atoms with Crippen molar-refractivity contribution in [2.75, 3.05) is 13.7 Å². The molecular formula is C14H18BrNO. The number of aryl methyl sites for hydroxylation is 1. The molecule has 0 radical (unpaired) electrons. The number of rotatable bonds is 3. The van der Waals surface area contributed by atoms with Gasteiger partial charge in [-0.1, -0.05) is 28.1 Å². The largest absolute Gasteiger partial charge is 0.496 e. The van der Waals surface area contributed by atoms with E-state index in [0.717, 1.165) is 29.7 Å². The minimum absolute atomic E-state index is 0.144. The Hall–Kier alpha value is -0.800. The molecule has 1 aromatic rings. The Morgan fingerprint density at radius 1 is 1.41 bits per heavy atom. The van der Waals surface area contributed by atoms with Crippen LogP contribution in [0, 0.1) is 6.92 Å². The first kappa shape index (κ1) is 12.7. The molecule has 2 nitrogen and oxygen atoms in total. The molecule has 2 rings (SSSR count). The van der Waals surface area contributed by atoms with Gasteiger partial charge in [-0.3, -0.25) is 0 Å². The highest BCUT2D eigenvalue weighted by Gasteiger charge is 2.20. The van der Waals surface area contributed by atoms with Crippen molar-refractivity contribution in [3.63, 3.8) is 0 Å². The molecule has 1 atom stereocenters. The summed E-state index contributed by atoms with van der Waals surface area (Å²) in [4.78, 5) is 0. The number of allylic oxidation sites excluding steroid dienone is 1. The van der Waals surface area contributed by atoms with E-state index in [2.05, 4.69) is 52.4 Å². The molecule has 0 aliphatic carbocycles. The van der Waals surface area contributed by atoms with Crippen LogP contribution >= 0.6 is 15.9 Å². The van der Waals surface area contributed by atoms with Gasteiger partial charge < -0.3 is 10.1 Å². The molecule has 0 saturated heterocycles. The van der Waals surface area contributed by atoms with Crippen LogP contribution in [0.15, 0.2) is 34.5 Å². The van der Waals surface area contributed by atoms with E-state index < -0.39 is 0 Å². The fourth-order valence-corrected chi connectivity index (χ4v) is 2.82. The number of hydrogen-bond donors (Lipinski definition) is 1. The maximum atomic E-state index is 5.75. The molecule has 0 saturated carbocycles. The summed E-state index contributed by atoms with van der Waals surface area (Å²) in [6.45, 7) is 2.92. The minimum Gasteiger partial charge on any atom is -0.496 e. The summed E-state index contributed by atoms with van der Waals surface area (Å²) in [5.41, 5.74) is 2.49. The Kier molecular flexibility index (Phi) is 4.24. The van der Waals surface area contributed by atoms with Crippen LogP contribution in [-0.2, 0) is 4.74 Å². The zero-order valence-electron chi connectivity index (χ0n) is 10.3. The third-order valence-electron chi connectivity index (χ3n) is 3.00. The number of hydrogen-bond acceptors (Lipinski definition) is 2. The molecule has 0 bridgehead atoms. The van der Waals surface area contributed by atoms with Crippen molar-refractivity contribution in [3.8, 4) is 0 Å². The fourth-order valence-electron chi connectivity index (χ4n) is 2.10. The van der Waals surface area contributed by atoms with E-state index in [1.54, 1.807) is 0 Å². The Labute approximate surface area is 111 Å². The highest BCUT2D eigenvalue weighted by Crippen LogP contribution is 2.31. The van der Waals surface area contributed by atoms with Gasteiger partial charge in [0.15, 0.2) is 0 Å². The van der Waals surface area contributed by atoms with Crippen LogP contribution in [0.5, 0.6) is 0 Å². The standard InChI is InChI=1S/C14H18BrNO/c1-10-6-7-11(12(15)9-10)14(16-2)13-5-3-4-8-17-13/h5-7,9,14,16H,3-4,8H2,1-2H3. The van der Waals surface area contributed by atoms with Crippen LogP contribution in [-0.4, -0.2) is 13.7 Å². The second kappa shape index (κ2) is 5.69. The van der Waals surface area contributed by atoms with Crippen molar-refractivity contribution in [2.24, 2.45) is 0 Å². The van der Waals surface area contributed by atoms with Gasteiger partial charge in [-0.25, -0.2) is 0 Å². The highest BCUT2D eigenvalue weighted by molar-refractivity contribution is 9.10. The summed E-state index contributed by atoms with van der Waals surface area (Å²) in [5.74, 6) is 1.04. The SMILES string of the molecule is CNC(C1=CCCCO1)c1ccc(C)cc1Br. The summed E-state index contributed by atoms with van der Waals surface area (Å²) >= 11 is 3.63. The van der Waals surface area contributed by atoms with Crippen LogP contribution in [0.1, 0.15) is 30.0 Å². The first-order valence-corrected chi connectivity index (χ1v) is 6.78. The summed E-state index contributed by atoms with van der Waals surface area (Å²) in [6, 6.07) is 6.57. The van der Waals surface area contributed by atoms with Gasteiger partial charge in [-0.2, -0.15) is 0 Å². The molecular weight excluding hydrogens is 278 g/mol. The van der Waals surface area contributed by atoms with E-state index in [9.17, 15) is 0 Å². The van der Waals surface area contributed by atoms with Crippen molar-refractivity contribution in [1.29, 1.82) is 0 Å². The monoisotopic (exact) mass is 295 g/mol. The molecule has 1 heterocycles. The maximum absolute atomic E-state index is 5.75. The van der Waals surface area contributed by atoms with E-state index in [-0.39, 0.29) is 6.04 Å². The van der Waals surface area contributed by atoms with Gasteiger partial charge in [-0.15, -0.1) is 0 Å². The van der Waals surface area contributed by atoms with Gasteiger partial charge in [0, 0.05) is 4.47 Å². The van der Waals surface area contributed by atoms with Crippen LogP contribution in [0.2, 0.25) is 0 Å². The molecule has 3 heteroatoms. The molecule has 1 aliphatic rings. The van der Waals surface area contributed by atoms with Crippen LogP contribution in [0.4, 0.5) is 0 Å². The van der Waals surface area contributed by atoms with Crippen LogP contribution < -0.4 is 5.32 Å². The zero-order valence-corrected chi connectivity index (χ0v) is 11.9. The third kappa shape index (κ3) is 2.90. The molecule has 17 heavy (non-hydrogen) atoms. The lowest BCUT2D eigenvalue weighted by Gasteiger charge is -2.24. The lowest BCUT2D eigenvalue weighted by molar-refractivity contribution is 0.169. The van der Waals surface area contributed by atoms with Crippen molar-refractivity contribution in [1.82, 2.24) is 5.32 Å². The van der Waals surface area contributed by atoms with Crippen LogP contribution in [0.3, 0.4) is 0 Å². The number of ether oxygens (including phenoxy) is 1. The van der Waals surface area contributed by atoms with E-state index in [4.69, 9.17) is 4.74 Å². The molecule has 1 aliphatic heterocycles. The Bertz CT molecular complexity index is 428. The van der Waals surface area contributed by atoms with Crippen molar-refractivity contribution in [2.45, 2.75) is 25.8 Å². The maximum Gasteiger partial charge on any atom is 0.113 e. The van der Waals surface area contributed by atoms with E-state index in [1.165, 1.54) is 11.1 Å². The second-order valence-corrected chi connectivity index (χ2v) is 5.20. The van der Waals surface area contributed by atoms with Gasteiger partial charge in [0.05, 0.1) is 12.6 Å². The molecule has 1 aromatic carbocycles. The van der Waals surface area contributed by atoms with Gasteiger partial charge in [0.2, 0.25) is 0 Å². The summed E-state index contributed by atoms with van der Waals surface area (Å²) in [7, 11) is 1.97. The summed E-state index contributed by atoms with van der Waals surface area (Å²) in [6.07, 6.45) is 4.42. The molecule has 0 spiro atoms. The van der Waals surface area contributed by atoms with Crippen LogP contribution in [0.25, 0.3) is 0 Å². The minimum atomic E-state index is 0.144. The van der Waals surface area contributed by atoms with E-state index in [1.807, 2.05) is 7.05 Å². The molecule has 1 N–H and O–H groups in total. The fraction of sp³-hybridized carbons (Fsp3) is 0.429. The molecule has 0 amide bonds. The third-order valence-corrected chi connectivity index (χ3v) is 3.69. The first-order valence-electron chi connectivity index (χ1n) is 5.98. The lowest BCUT2D eigenvalue weighted by Crippen LogP contribution is -2.22. The van der Waals surface area contributed by atoms with Gasteiger partial charge in [0.25, 0.3) is 0 Å². The van der Waals surface area contributed by atoms with Crippen molar-refractivity contribution in [3.05, 3.63) is 45.6 Å². The Balaban J connectivity index is 2.31. The predicted octanol–water partition coefficient (Wildman–Crippen LogP) is 3.71. The number of likely N-dealkylation sites (N-methyl/N-ethyl adjacent to an activating group) is 1. The average Bonchev–Trinajstić information content (AvgIpc) is 2.34. The predicted molar refractivity (Wildman–Crippen MR) is 73.9 cm³/mol. The average molecular weight is 296 g/mol. The zero-order chi connectivity index (χ0) is 12.3. The Morgan fingerprint density at radius 2 is 2.24 bits per heavy atom. The van der Waals surface area contributed by atoms with Gasteiger partial charge in [-0.05, 0) is 50.1 Å². The number of benzene rings is 1. The van der Waals surface area contributed by atoms with E-state index in [0.29, 0.717) is 0 Å². The van der Waals surface area contributed by atoms with Gasteiger partial charge >= 0.3 is 0 Å². The quantitative estimate of drug-likeness (QED) is 0.918. The van der Waals surface area contributed by atoms with Gasteiger partial charge in [0.1, 0.15) is 5.76 Å². The van der Waals surface area contributed by atoms with Crippen molar-refractivity contribution >= 4 is 15.9 Å². The molecule has 92 valence electrons. The lowest BCUT2D eigenvalue weighted by atomic mass is 10.0.